The minimum atomic E-state index is -2.27. The number of hydrogen-bond acceptors (Lipinski definition) is 11. The highest BCUT2D eigenvalue weighted by molar-refractivity contribution is 7.99. The van der Waals surface area contributed by atoms with Crippen molar-refractivity contribution in [3.63, 3.8) is 0 Å². The summed E-state index contributed by atoms with van der Waals surface area (Å²) >= 11 is 1.76. The van der Waals surface area contributed by atoms with Gasteiger partial charge in [-0.25, -0.2) is 19.2 Å². The first kappa shape index (κ1) is 31.2. The normalized spacial score (nSPS) is 13.6. The van der Waals surface area contributed by atoms with Crippen molar-refractivity contribution in [2.24, 2.45) is 5.73 Å². The quantitative estimate of drug-likeness (QED) is 0.156. The van der Waals surface area contributed by atoms with Crippen LogP contribution in [0.5, 0.6) is 5.75 Å². The van der Waals surface area contributed by atoms with Gasteiger partial charge in [0.05, 0.1) is 7.11 Å². The first-order valence-electron chi connectivity index (χ1n) is 8.40. The fraction of sp³-hybridized carbons (Fsp3) is 0.412. The number of aliphatic hydroxyl groups excluding tert-OH is 4. The summed E-state index contributed by atoms with van der Waals surface area (Å²) < 4.78 is 5.04. The van der Waals surface area contributed by atoms with E-state index in [9.17, 15) is 19.2 Å². The Bertz CT molecular complexity index is 656. The topological polar surface area (TPSA) is 265 Å². The molecule has 10 N–H and O–H groups in total. The summed E-state index contributed by atoms with van der Waals surface area (Å²) in [5, 5.41) is 65.1. The van der Waals surface area contributed by atoms with Gasteiger partial charge in [-0.15, -0.1) is 11.8 Å². The molecule has 0 fully saturated rings. The molecule has 0 amide bonds. The van der Waals surface area contributed by atoms with Gasteiger partial charge < -0.3 is 51.3 Å². The number of methoxy groups -OCH3 is 1. The van der Waals surface area contributed by atoms with Gasteiger partial charge in [0.25, 0.3) is 0 Å². The van der Waals surface area contributed by atoms with Crippen LogP contribution in [0.25, 0.3) is 0 Å². The summed E-state index contributed by atoms with van der Waals surface area (Å²) in [5.74, 6) is -5.21. The Balaban J connectivity index is 0. The maximum absolute atomic E-state index is 9.77. The molecule has 0 radical (unpaired) electrons. The maximum Gasteiger partial charge on any atom is 0.335 e. The van der Waals surface area contributed by atoms with Crippen LogP contribution in [0.2, 0.25) is 0 Å². The molecule has 0 aliphatic heterocycles. The Labute approximate surface area is 185 Å². The van der Waals surface area contributed by atoms with Gasteiger partial charge in [-0.3, -0.25) is 0 Å². The molecule has 4 unspecified atom stereocenters. The van der Waals surface area contributed by atoms with Crippen LogP contribution in [0.3, 0.4) is 0 Å². The Morgan fingerprint density at radius 1 is 0.781 bits per heavy atom. The first-order valence-corrected chi connectivity index (χ1v) is 9.39. The number of ether oxygens (including phenoxy) is 1. The zero-order valence-electron chi connectivity index (χ0n) is 16.6. The van der Waals surface area contributed by atoms with Crippen molar-refractivity contribution >= 4 is 35.6 Å². The van der Waals surface area contributed by atoms with Crippen LogP contribution >= 0.6 is 11.8 Å². The Hall–Kier alpha value is -2.95. The number of rotatable bonds is 10. The molecular formula is C17H25NO13S. The monoisotopic (exact) mass is 483 g/mol. The summed E-state index contributed by atoms with van der Waals surface area (Å²) in [6.45, 7) is 0.719. The van der Waals surface area contributed by atoms with E-state index < -0.39 is 48.3 Å². The van der Waals surface area contributed by atoms with Gasteiger partial charge >= 0.3 is 23.9 Å². The van der Waals surface area contributed by atoms with Crippen molar-refractivity contribution in [1.29, 1.82) is 0 Å². The first-order chi connectivity index (χ1) is 14.8. The van der Waals surface area contributed by atoms with Crippen molar-refractivity contribution < 1.29 is 64.8 Å². The summed E-state index contributed by atoms with van der Waals surface area (Å²) in [6, 6.07) is 8.00. The van der Waals surface area contributed by atoms with Crippen molar-refractivity contribution in [3.8, 4) is 5.75 Å². The standard InChI is InChI=1S/C9H13NOS.2C4H6O6/c1-11-8-2-4-9(5-3-8)12-7-6-10;2*5-1(3(7)8)2(6)4(9)10/h2-5H,6-7,10H2,1H3;2*1-2,5-6H,(H,7,8)(H,9,10). The van der Waals surface area contributed by atoms with E-state index in [1.807, 2.05) is 24.3 Å². The zero-order valence-corrected chi connectivity index (χ0v) is 17.5. The van der Waals surface area contributed by atoms with E-state index in [4.69, 9.17) is 51.3 Å². The zero-order chi connectivity index (χ0) is 25.4. The second-order valence-electron chi connectivity index (χ2n) is 5.44. The van der Waals surface area contributed by atoms with E-state index in [-0.39, 0.29) is 0 Å². The van der Waals surface area contributed by atoms with E-state index in [1.54, 1.807) is 18.9 Å². The number of benzene rings is 1. The number of aliphatic carboxylic acids is 4. The minimum Gasteiger partial charge on any atom is -0.497 e. The molecule has 4 atom stereocenters. The highest BCUT2D eigenvalue weighted by Crippen LogP contribution is 2.20. The third-order valence-electron chi connectivity index (χ3n) is 3.06. The number of hydrogen-bond donors (Lipinski definition) is 9. The molecule has 0 aliphatic carbocycles. The van der Waals surface area contributed by atoms with Gasteiger partial charge in [0.15, 0.2) is 24.4 Å². The van der Waals surface area contributed by atoms with Crippen molar-refractivity contribution in [2.75, 3.05) is 19.4 Å². The number of aliphatic hydroxyl groups is 4. The maximum atomic E-state index is 9.77. The van der Waals surface area contributed by atoms with E-state index in [2.05, 4.69) is 0 Å². The van der Waals surface area contributed by atoms with Gasteiger partial charge in [0.2, 0.25) is 0 Å². The lowest BCUT2D eigenvalue weighted by molar-refractivity contribution is -0.165. The molecule has 0 heterocycles. The van der Waals surface area contributed by atoms with E-state index in [0.717, 1.165) is 18.0 Å². The average Bonchev–Trinajstić information content (AvgIpc) is 2.76. The van der Waals surface area contributed by atoms with Crippen LogP contribution in [0, 0.1) is 0 Å². The molecule has 32 heavy (non-hydrogen) atoms. The number of carboxylic acid groups (broad SMARTS) is 4. The molecule has 0 aromatic heterocycles. The molecule has 14 nitrogen and oxygen atoms in total. The Morgan fingerprint density at radius 2 is 1.09 bits per heavy atom. The van der Waals surface area contributed by atoms with Crippen molar-refractivity contribution in [1.82, 2.24) is 0 Å². The largest absolute Gasteiger partial charge is 0.497 e. The van der Waals surface area contributed by atoms with Gasteiger partial charge in [-0.05, 0) is 24.3 Å². The number of nitrogens with two attached hydrogens (primary N) is 1. The van der Waals surface area contributed by atoms with Gasteiger partial charge in [0.1, 0.15) is 5.75 Å². The Morgan fingerprint density at radius 3 is 1.31 bits per heavy atom. The fourth-order valence-corrected chi connectivity index (χ4v) is 2.07. The summed E-state index contributed by atoms with van der Waals surface area (Å²) in [7, 11) is 1.67. The predicted molar refractivity (Wildman–Crippen MR) is 107 cm³/mol. The number of carbonyl (C=O) groups is 4. The van der Waals surface area contributed by atoms with Crippen LogP contribution in [0.4, 0.5) is 0 Å². The van der Waals surface area contributed by atoms with E-state index in [0.29, 0.717) is 0 Å². The predicted octanol–water partition coefficient (Wildman–Crippen LogP) is -2.50. The van der Waals surface area contributed by atoms with E-state index in [1.165, 1.54) is 4.90 Å². The SMILES string of the molecule is COc1ccc(SCCN)cc1.O=C(O)C(O)C(O)C(=O)O.O=C(O)C(O)C(O)C(=O)O. The highest BCUT2D eigenvalue weighted by atomic mass is 32.2. The molecule has 0 aliphatic rings. The molecular weight excluding hydrogens is 458 g/mol. The lowest BCUT2D eigenvalue weighted by atomic mass is 10.2. The molecule has 182 valence electrons. The molecule has 0 bridgehead atoms. The average molecular weight is 483 g/mol. The Kier molecular flexibility index (Phi) is 16.3. The molecule has 15 heteroatoms. The van der Waals surface area contributed by atoms with Crippen LogP contribution in [-0.2, 0) is 19.2 Å². The molecule has 0 spiro atoms. The van der Waals surface area contributed by atoms with Crippen LogP contribution in [-0.4, -0.2) is 109 Å². The lowest BCUT2D eigenvalue weighted by Gasteiger charge is -2.07. The molecule has 1 aromatic rings. The lowest BCUT2D eigenvalue weighted by Crippen LogP contribution is -2.39. The molecule has 0 saturated carbocycles. The number of thioether (sulfide) groups is 1. The van der Waals surface area contributed by atoms with E-state index >= 15 is 0 Å². The third-order valence-corrected chi connectivity index (χ3v) is 4.10. The van der Waals surface area contributed by atoms with Crippen molar-refractivity contribution in [3.05, 3.63) is 24.3 Å². The summed E-state index contributed by atoms with van der Waals surface area (Å²) in [4.78, 5) is 40.3. The molecule has 0 saturated heterocycles. The smallest absolute Gasteiger partial charge is 0.335 e. The molecule has 1 rings (SSSR count). The van der Waals surface area contributed by atoms with Crippen LogP contribution < -0.4 is 10.5 Å². The van der Waals surface area contributed by atoms with Crippen LogP contribution in [0.1, 0.15) is 0 Å². The summed E-state index contributed by atoms with van der Waals surface area (Å²) in [6.07, 6.45) is -9.06. The van der Waals surface area contributed by atoms with Crippen molar-refractivity contribution in [2.45, 2.75) is 29.3 Å². The van der Waals surface area contributed by atoms with Gasteiger partial charge in [-0.2, -0.15) is 0 Å². The summed E-state index contributed by atoms with van der Waals surface area (Å²) in [5.41, 5.74) is 5.39. The van der Waals surface area contributed by atoms with Crippen LogP contribution in [0.15, 0.2) is 29.2 Å². The van der Waals surface area contributed by atoms with Gasteiger partial charge in [0, 0.05) is 17.2 Å². The highest BCUT2D eigenvalue weighted by Gasteiger charge is 2.30. The second kappa shape index (κ2) is 16.7. The fourth-order valence-electron chi connectivity index (χ4n) is 1.39. The molecule has 1 aromatic carbocycles. The number of carboxylic acids is 4. The van der Waals surface area contributed by atoms with Gasteiger partial charge in [-0.1, -0.05) is 0 Å². The second-order valence-corrected chi connectivity index (χ2v) is 6.61. The minimum absolute atomic E-state index is 0.719. The third kappa shape index (κ3) is 13.4.